The fraction of sp³-hybridized carbons (Fsp3) is 0.222. The molecule has 1 aliphatic heterocycles. The minimum absolute atomic E-state index is 0.148. The Kier molecular flexibility index (Phi) is 2.31. The molecule has 14 heavy (non-hydrogen) atoms. The summed E-state index contributed by atoms with van der Waals surface area (Å²) < 4.78 is 10.3. The van der Waals surface area contributed by atoms with Gasteiger partial charge in [0.2, 0.25) is 12.0 Å². The molecule has 0 aromatic heterocycles. The molecule has 4 nitrogen and oxygen atoms in total. The fourth-order valence-electron chi connectivity index (χ4n) is 1.32. The Labute approximate surface area is 85.6 Å². The van der Waals surface area contributed by atoms with Crippen LogP contribution < -0.4 is 15.2 Å². The summed E-state index contributed by atoms with van der Waals surface area (Å²) in [4.78, 5) is 10.9. The van der Waals surface area contributed by atoms with Crippen LogP contribution in [0.2, 0.25) is 0 Å². The first-order valence-corrected chi connectivity index (χ1v) is 4.41. The summed E-state index contributed by atoms with van der Waals surface area (Å²) in [6.45, 7) is 0.148. The van der Waals surface area contributed by atoms with E-state index in [0.29, 0.717) is 17.1 Å². The van der Waals surface area contributed by atoms with E-state index in [1.165, 1.54) is 0 Å². The molecule has 1 aliphatic rings. The SMILES string of the molecule is NC(C(=O)Cl)c1cccc2c1OCO2. The average molecular weight is 214 g/mol. The first-order chi connectivity index (χ1) is 6.70. The molecular weight excluding hydrogens is 206 g/mol. The van der Waals surface area contributed by atoms with Gasteiger partial charge in [-0.25, -0.2) is 0 Å². The maximum Gasteiger partial charge on any atom is 0.243 e. The summed E-state index contributed by atoms with van der Waals surface area (Å²) in [5, 5.41) is -0.617. The third kappa shape index (κ3) is 1.42. The lowest BCUT2D eigenvalue weighted by molar-refractivity contribution is -0.112. The van der Waals surface area contributed by atoms with Gasteiger partial charge in [-0.1, -0.05) is 12.1 Å². The van der Waals surface area contributed by atoms with Crippen molar-refractivity contribution in [3.63, 3.8) is 0 Å². The van der Waals surface area contributed by atoms with Gasteiger partial charge in [0.15, 0.2) is 11.5 Å². The Morgan fingerprint density at radius 2 is 2.29 bits per heavy atom. The maximum atomic E-state index is 10.9. The van der Waals surface area contributed by atoms with Gasteiger partial charge in [-0.05, 0) is 17.7 Å². The second kappa shape index (κ2) is 3.48. The quantitative estimate of drug-likeness (QED) is 0.750. The van der Waals surface area contributed by atoms with Crippen LogP contribution in [0.1, 0.15) is 11.6 Å². The van der Waals surface area contributed by atoms with Gasteiger partial charge in [0.25, 0.3) is 0 Å². The third-order valence-corrected chi connectivity index (χ3v) is 2.24. The van der Waals surface area contributed by atoms with Crippen molar-refractivity contribution in [3.8, 4) is 11.5 Å². The summed E-state index contributed by atoms with van der Waals surface area (Å²) in [5.74, 6) is 1.10. The van der Waals surface area contributed by atoms with Crippen LogP contribution in [0, 0.1) is 0 Å². The highest BCUT2D eigenvalue weighted by Gasteiger charge is 2.24. The highest BCUT2D eigenvalue weighted by atomic mass is 35.5. The summed E-state index contributed by atoms with van der Waals surface area (Å²) in [6, 6.07) is 4.31. The molecule has 0 spiro atoms. The van der Waals surface area contributed by atoms with Crippen LogP contribution in [0.15, 0.2) is 18.2 Å². The smallest absolute Gasteiger partial charge is 0.243 e. The Morgan fingerprint density at radius 3 is 3.00 bits per heavy atom. The Morgan fingerprint density at radius 1 is 1.50 bits per heavy atom. The highest BCUT2D eigenvalue weighted by Crippen LogP contribution is 2.38. The van der Waals surface area contributed by atoms with E-state index in [9.17, 15) is 4.79 Å². The average Bonchev–Trinajstić information content (AvgIpc) is 2.63. The lowest BCUT2D eigenvalue weighted by Gasteiger charge is -2.09. The van der Waals surface area contributed by atoms with Gasteiger partial charge < -0.3 is 15.2 Å². The standard InChI is InChI=1S/C9H8ClNO3/c10-9(12)7(11)5-2-1-3-6-8(5)14-4-13-6/h1-3,7H,4,11H2. The Balaban J connectivity index is 2.44. The predicted molar refractivity (Wildman–Crippen MR) is 50.4 cm³/mol. The molecular formula is C9H8ClNO3. The van der Waals surface area contributed by atoms with E-state index in [4.69, 9.17) is 26.8 Å². The zero-order valence-electron chi connectivity index (χ0n) is 7.20. The molecule has 74 valence electrons. The summed E-state index contributed by atoms with van der Waals surface area (Å²) >= 11 is 5.30. The van der Waals surface area contributed by atoms with Gasteiger partial charge in [0.1, 0.15) is 6.04 Å². The molecule has 2 rings (SSSR count). The summed E-state index contributed by atoms with van der Waals surface area (Å²) in [7, 11) is 0. The van der Waals surface area contributed by atoms with Crippen molar-refractivity contribution in [2.45, 2.75) is 6.04 Å². The van der Waals surface area contributed by atoms with E-state index in [1.54, 1.807) is 18.2 Å². The third-order valence-electron chi connectivity index (χ3n) is 2.01. The number of carbonyl (C=O) groups excluding carboxylic acids is 1. The lowest BCUT2D eigenvalue weighted by atomic mass is 10.1. The zero-order chi connectivity index (χ0) is 10.1. The van der Waals surface area contributed by atoms with Gasteiger partial charge in [-0.2, -0.15) is 0 Å². The van der Waals surface area contributed by atoms with Crippen molar-refractivity contribution in [2.24, 2.45) is 5.73 Å². The van der Waals surface area contributed by atoms with Crippen LogP contribution in [0.25, 0.3) is 0 Å². The first-order valence-electron chi connectivity index (χ1n) is 4.03. The molecule has 0 saturated carbocycles. The van der Waals surface area contributed by atoms with Crippen LogP contribution in [-0.2, 0) is 4.79 Å². The number of carbonyl (C=O) groups is 1. The monoisotopic (exact) mass is 213 g/mol. The van der Waals surface area contributed by atoms with E-state index < -0.39 is 11.3 Å². The molecule has 0 bridgehead atoms. The molecule has 2 N–H and O–H groups in total. The van der Waals surface area contributed by atoms with E-state index in [-0.39, 0.29) is 6.79 Å². The van der Waals surface area contributed by atoms with E-state index in [0.717, 1.165) is 0 Å². The number of benzene rings is 1. The molecule has 0 fully saturated rings. The number of nitrogens with two attached hydrogens (primary N) is 1. The molecule has 1 atom stereocenters. The Bertz CT molecular complexity index is 380. The normalized spacial score (nSPS) is 15.3. The molecule has 1 aromatic carbocycles. The molecule has 0 amide bonds. The van der Waals surface area contributed by atoms with E-state index in [2.05, 4.69) is 0 Å². The van der Waals surface area contributed by atoms with Gasteiger partial charge >= 0.3 is 0 Å². The van der Waals surface area contributed by atoms with Crippen molar-refractivity contribution in [1.29, 1.82) is 0 Å². The highest BCUT2D eigenvalue weighted by molar-refractivity contribution is 6.64. The molecule has 0 aliphatic carbocycles. The maximum absolute atomic E-state index is 10.9. The fourth-order valence-corrected chi connectivity index (χ4v) is 1.44. The number of halogens is 1. The van der Waals surface area contributed by atoms with Crippen molar-refractivity contribution in [3.05, 3.63) is 23.8 Å². The number of hydrogen-bond acceptors (Lipinski definition) is 4. The lowest BCUT2D eigenvalue weighted by Crippen LogP contribution is -2.17. The summed E-state index contributed by atoms with van der Waals surface area (Å²) in [5.41, 5.74) is 6.15. The largest absolute Gasteiger partial charge is 0.454 e. The van der Waals surface area contributed by atoms with Gasteiger partial charge in [-0.15, -0.1) is 0 Å². The molecule has 0 radical (unpaired) electrons. The van der Waals surface area contributed by atoms with Crippen molar-refractivity contribution < 1.29 is 14.3 Å². The van der Waals surface area contributed by atoms with Crippen LogP contribution in [0.3, 0.4) is 0 Å². The zero-order valence-corrected chi connectivity index (χ0v) is 7.95. The number of rotatable bonds is 2. The predicted octanol–water partition coefficient (Wildman–Crippen LogP) is 1.18. The second-order valence-corrected chi connectivity index (χ2v) is 3.24. The molecule has 1 unspecified atom stereocenters. The van der Waals surface area contributed by atoms with Crippen molar-refractivity contribution >= 4 is 16.8 Å². The first kappa shape index (κ1) is 9.30. The minimum Gasteiger partial charge on any atom is -0.454 e. The van der Waals surface area contributed by atoms with Gasteiger partial charge in [0.05, 0.1) is 0 Å². The number of para-hydroxylation sites is 1. The molecule has 5 heteroatoms. The molecule has 1 aromatic rings. The van der Waals surface area contributed by atoms with Gasteiger partial charge in [-0.3, -0.25) is 4.79 Å². The van der Waals surface area contributed by atoms with Crippen LogP contribution >= 0.6 is 11.6 Å². The second-order valence-electron chi connectivity index (χ2n) is 2.86. The van der Waals surface area contributed by atoms with Crippen LogP contribution in [0.4, 0.5) is 0 Å². The van der Waals surface area contributed by atoms with E-state index >= 15 is 0 Å². The van der Waals surface area contributed by atoms with Crippen molar-refractivity contribution in [1.82, 2.24) is 0 Å². The number of fused-ring (bicyclic) bond motifs is 1. The number of ether oxygens (including phenoxy) is 2. The molecule has 1 heterocycles. The van der Waals surface area contributed by atoms with Crippen LogP contribution in [0.5, 0.6) is 11.5 Å². The van der Waals surface area contributed by atoms with E-state index in [1.807, 2.05) is 0 Å². The summed E-state index contributed by atoms with van der Waals surface area (Å²) in [6.07, 6.45) is 0. The number of hydrogen-bond donors (Lipinski definition) is 1. The van der Waals surface area contributed by atoms with Gasteiger partial charge in [0, 0.05) is 5.56 Å². The minimum atomic E-state index is -0.867. The van der Waals surface area contributed by atoms with Crippen molar-refractivity contribution in [2.75, 3.05) is 6.79 Å². The Hall–Kier alpha value is -1.26. The molecule has 0 saturated heterocycles. The van der Waals surface area contributed by atoms with Crippen LogP contribution in [-0.4, -0.2) is 12.0 Å². The topological polar surface area (TPSA) is 61.6 Å².